The van der Waals surface area contributed by atoms with Gasteiger partial charge < -0.3 is 4.74 Å². The molecule has 100 valence electrons. The van der Waals surface area contributed by atoms with E-state index in [1.165, 1.54) is 12.1 Å². The van der Waals surface area contributed by atoms with E-state index in [0.29, 0.717) is 22.2 Å². The number of hydrogen-bond donors (Lipinski definition) is 1. The zero-order valence-electron chi connectivity index (χ0n) is 10.7. The van der Waals surface area contributed by atoms with Gasteiger partial charge in [-0.25, -0.2) is 4.39 Å². The Hall–Kier alpha value is -2.69. The number of carbonyl (C=O) groups is 1. The molecule has 0 unspecified atom stereocenters. The van der Waals surface area contributed by atoms with Gasteiger partial charge in [-0.1, -0.05) is 0 Å². The standard InChI is InChI=1S/C15H11FN2O2/c1-20-11-5-2-9(3-6-11)15(19)14-12-8-10(16)4-7-13(12)17-18-14/h2-8H,1H3,(H,17,18). The second kappa shape index (κ2) is 4.77. The van der Waals surface area contributed by atoms with Crippen molar-refractivity contribution in [2.24, 2.45) is 0 Å². The molecule has 0 radical (unpaired) electrons. The number of halogens is 1. The molecular formula is C15H11FN2O2. The molecule has 1 N–H and O–H groups in total. The molecule has 1 aromatic heterocycles. The van der Waals surface area contributed by atoms with E-state index in [0.717, 1.165) is 0 Å². The van der Waals surface area contributed by atoms with E-state index in [1.54, 1.807) is 37.4 Å². The molecule has 20 heavy (non-hydrogen) atoms. The lowest BCUT2D eigenvalue weighted by atomic mass is 10.1. The lowest BCUT2D eigenvalue weighted by Gasteiger charge is -2.01. The van der Waals surface area contributed by atoms with E-state index in [-0.39, 0.29) is 11.5 Å². The van der Waals surface area contributed by atoms with Gasteiger partial charge >= 0.3 is 0 Å². The van der Waals surface area contributed by atoms with Crippen LogP contribution in [0.2, 0.25) is 0 Å². The fraction of sp³-hybridized carbons (Fsp3) is 0.0667. The Morgan fingerprint density at radius 2 is 1.95 bits per heavy atom. The molecule has 0 bridgehead atoms. The van der Waals surface area contributed by atoms with Crippen LogP contribution in [0.3, 0.4) is 0 Å². The summed E-state index contributed by atoms with van der Waals surface area (Å²) in [5.41, 5.74) is 1.32. The molecule has 0 aliphatic carbocycles. The molecule has 0 aliphatic heterocycles. The van der Waals surface area contributed by atoms with Gasteiger partial charge in [0.2, 0.25) is 5.78 Å². The number of hydrogen-bond acceptors (Lipinski definition) is 3. The van der Waals surface area contributed by atoms with Crippen LogP contribution in [0.15, 0.2) is 42.5 Å². The van der Waals surface area contributed by atoms with E-state index in [1.807, 2.05) is 0 Å². The Bertz CT molecular complexity index is 778. The molecule has 0 saturated carbocycles. The lowest BCUT2D eigenvalue weighted by molar-refractivity contribution is 0.103. The molecule has 4 nitrogen and oxygen atoms in total. The molecule has 0 saturated heterocycles. The molecule has 1 heterocycles. The molecule has 0 aliphatic rings. The SMILES string of the molecule is COc1ccc(C(=O)c2n[nH]c3ccc(F)cc23)cc1. The van der Waals surface area contributed by atoms with Gasteiger partial charge in [-0.3, -0.25) is 9.89 Å². The Morgan fingerprint density at radius 1 is 1.20 bits per heavy atom. The van der Waals surface area contributed by atoms with Gasteiger partial charge in [0.25, 0.3) is 0 Å². The van der Waals surface area contributed by atoms with Gasteiger partial charge in [-0.05, 0) is 42.5 Å². The number of aromatic nitrogens is 2. The van der Waals surface area contributed by atoms with Crippen LogP contribution < -0.4 is 4.74 Å². The average Bonchev–Trinajstić information content (AvgIpc) is 2.89. The van der Waals surface area contributed by atoms with E-state index in [4.69, 9.17) is 4.74 Å². The van der Waals surface area contributed by atoms with Crippen LogP contribution >= 0.6 is 0 Å². The summed E-state index contributed by atoms with van der Waals surface area (Å²) < 4.78 is 18.3. The van der Waals surface area contributed by atoms with E-state index in [2.05, 4.69) is 10.2 Å². The van der Waals surface area contributed by atoms with Crippen LogP contribution in [-0.4, -0.2) is 23.1 Å². The number of carbonyl (C=O) groups excluding carboxylic acids is 1. The third-order valence-corrected chi connectivity index (χ3v) is 3.09. The molecule has 0 amide bonds. The zero-order valence-corrected chi connectivity index (χ0v) is 10.7. The Balaban J connectivity index is 2.05. The van der Waals surface area contributed by atoms with Gasteiger partial charge in [0.05, 0.1) is 12.6 Å². The highest BCUT2D eigenvalue weighted by atomic mass is 19.1. The summed E-state index contributed by atoms with van der Waals surface area (Å²) in [5, 5.41) is 7.19. The largest absolute Gasteiger partial charge is 0.497 e. The third-order valence-electron chi connectivity index (χ3n) is 3.09. The molecule has 2 aromatic carbocycles. The number of rotatable bonds is 3. The second-order valence-electron chi connectivity index (χ2n) is 4.32. The molecule has 3 aromatic rings. The first-order valence-electron chi connectivity index (χ1n) is 6.01. The maximum atomic E-state index is 13.3. The molecular weight excluding hydrogens is 259 g/mol. The number of aromatic amines is 1. The van der Waals surface area contributed by atoms with Gasteiger partial charge in [0.15, 0.2) is 0 Å². The van der Waals surface area contributed by atoms with Gasteiger partial charge in [0.1, 0.15) is 17.3 Å². The first-order valence-corrected chi connectivity index (χ1v) is 6.01. The summed E-state index contributed by atoms with van der Waals surface area (Å²) in [6.07, 6.45) is 0. The summed E-state index contributed by atoms with van der Waals surface area (Å²) in [4.78, 5) is 12.4. The Morgan fingerprint density at radius 3 is 2.65 bits per heavy atom. The molecule has 0 spiro atoms. The minimum Gasteiger partial charge on any atom is -0.497 e. The molecule has 3 rings (SSSR count). The van der Waals surface area contributed by atoms with Crippen molar-refractivity contribution < 1.29 is 13.9 Å². The fourth-order valence-electron chi connectivity index (χ4n) is 2.04. The highest BCUT2D eigenvalue weighted by Crippen LogP contribution is 2.21. The van der Waals surface area contributed by atoms with E-state index < -0.39 is 5.82 Å². The molecule has 5 heteroatoms. The highest BCUT2D eigenvalue weighted by molar-refractivity contribution is 6.14. The van der Waals surface area contributed by atoms with Gasteiger partial charge in [-0.15, -0.1) is 0 Å². The van der Waals surface area contributed by atoms with Crippen molar-refractivity contribution in [1.82, 2.24) is 10.2 Å². The van der Waals surface area contributed by atoms with Crippen LogP contribution in [0, 0.1) is 5.82 Å². The Labute approximate surface area is 114 Å². The number of nitrogens with zero attached hydrogens (tertiary/aromatic N) is 1. The third kappa shape index (κ3) is 2.03. The van der Waals surface area contributed by atoms with Crippen LogP contribution in [0.5, 0.6) is 5.75 Å². The quantitative estimate of drug-likeness (QED) is 0.744. The number of ketones is 1. The smallest absolute Gasteiger partial charge is 0.213 e. The zero-order chi connectivity index (χ0) is 14.1. The monoisotopic (exact) mass is 270 g/mol. The van der Waals surface area contributed by atoms with Crippen molar-refractivity contribution in [1.29, 1.82) is 0 Å². The lowest BCUT2D eigenvalue weighted by Crippen LogP contribution is -2.02. The van der Waals surface area contributed by atoms with Crippen molar-refractivity contribution in [3.63, 3.8) is 0 Å². The topological polar surface area (TPSA) is 55.0 Å². The summed E-state index contributed by atoms with van der Waals surface area (Å²) >= 11 is 0. The minimum absolute atomic E-state index is 0.213. The van der Waals surface area contributed by atoms with Gasteiger partial charge in [0, 0.05) is 10.9 Å². The fourth-order valence-corrected chi connectivity index (χ4v) is 2.04. The highest BCUT2D eigenvalue weighted by Gasteiger charge is 2.16. The second-order valence-corrected chi connectivity index (χ2v) is 4.32. The van der Waals surface area contributed by atoms with Crippen molar-refractivity contribution in [2.45, 2.75) is 0 Å². The van der Waals surface area contributed by atoms with E-state index >= 15 is 0 Å². The van der Waals surface area contributed by atoms with Crippen LogP contribution in [0.4, 0.5) is 4.39 Å². The number of nitrogens with one attached hydrogen (secondary N) is 1. The van der Waals surface area contributed by atoms with E-state index in [9.17, 15) is 9.18 Å². The van der Waals surface area contributed by atoms with Crippen molar-refractivity contribution in [2.75, 3.05) is 7.11 Å². The minimum atomic E-state index is -0.400. The summed E-state index contributed by atoms with van der Waals surface area (Å²) in [5.74, 6) is 0.00617. The first-order chi connectivity index (χ1) is 9.69. The first kappa shape index (κ1) is 12.3. The Kier molecular flexibility index (Phi) is 2.95. The number of ether oxygens (including phenoxy) is 1. The van der Waals surface area contributed by atoms with Gasteiger partial charge in [-0.2, -0.15) is 5.10 Å². The summed E-state index contributed by atoms with van der Waals surface area (Å²) in [6.45, 7) is 0. The maximum absolute atomic E-state index is 13.3. The molecule has 0 fully saturated rings. The normalized spacial score (nSPS) is 10.7. The predicted molar refractivity (Wildman–Crippen MR) is 72.5 cm³/mol. The van der Waals surface area contributed by atoms with Crippen LogP contribution in [0.1, 0.15) is 16.1 Å². The van der Waals surface area contributed by atoms with Crippen LogP contribution in [0.25, 0.3) is 10.9 Å². The number of methoxy groups -OCH3 is 1. The number of fused-ring (bicyclic) bond motifs is 1. The number of benzene rings is 2. The van der Waals surface area contributed by atoms with Crippen LogP contribution in [-0.2, 0) is 0 Å². The molecule has 0 atom stereocenters. The summed E-state index contributed by atoms with van der Waals surface area (Å²) in [6, 6.07) is 10.9. The maximum Gasteiger partial charge on any atom is 0.213 e. The van der Waals surface area contributed by atoms with Crippen molar-refractivity contribution in [3.8, 4) is 5.75 Å². The van der Waals surface area contributed by atoms with Crippen molar-refractivity contribution in [3.05, 3.63) is 59.5 Å². The summed E-state index contributed by atoms with van der Waals surface area (Å²) in [7, 11) is 1.56. The van der Waals surface area contributed by atoms with Crippen molar-refractivity contribution >= 4 is 16.7 Å². The average molecular weight is 270 g/mol. The number of H-pyrrole nitrogens is 1. The predicted octanol–water partition coefficient (Wildman–Crippen LogP) is 2.94.